The van der Waals surface area contributed by atoms with Crippen molar-refractivity contribution in [2.45, 2.75) is 70.9 Å². The van der Waals surface area contributed by atoms with Gasteiger partial charge in [0.05, 0.1) is 6.61 Å². The zero-order valence-electron chi connectivity index (χ0n) is 22.6. The minimum atomic E-state index is -2.27. The van der Waals surface area contributed by atoms with E-state index in [9.17, 15) is 19.5 Å². The Balaban J connectivity index is 0.000000378. The lowest BCUT2D eigenvalue weighted by Gasteiger charge is -2.39. The number of aliphatic hydroxyl groups is 2. The first-order chi connectivity index (χ1) is 19.0. The number of carbonyl (C=O) groups is 3. The fourth-order valence-corrected chi connectivity index (χ4v) is 4.84. The Hall–Kier alpha value is -3.93. The van der Waals surface area contributed by atoms with E-state index < -0.39 is 30.1 Å². The minimum absolute atomic E-state index is 0.179. The van der Waals surface area contributed by atoms with Crippen molar-refractivity contribution < 1.29 is 49.1 Å². The molecule has 2 aromatic carbocycles. The van der Waals surface area contributed by atoms with Gasteiger partial charge >= 0.3 is 17.9 Å². The molecule has 216 valence electrons. The van der Waals surface area contributed by atoms with Crippen LogP contribution >= 0.6 is 0 Å². The first-order valence-electron chi connectivity index (χ1n) is 13.0. The Morgan fingerprint density at radius 3 is 2.08 bits per heavy atom. The second-order valence-corrected chi connectivity index (χ2v) is 9.70. The van der Waals surface area contributed by atoms with E-state index in [4.69, 9.17) is 29.6 Å². The number of aromatic hydroxyl groups is 1. The van der Waals surface area contributed by atoms with Gasteiger partial charge in [0.15, 0.2) is 12.2 Å². The molecule has 1 saturated heterocycles. The van der Waals surface area contributed by atoms with Gasteiger partial charge in [0.25, 0.3) is 0 Å². The smallest absolute Gasteiger partial charge is 0.342 e. The van der Waals surface area contributed by atoms with Crippen molar-refractivity contribution in [1.82, 2.24) is 4.90 Å². The SMILES string of the molecule is CCOC(=O)c1c(-c2ccccc2)oc2ccc(O)c(CN3[C@H](C)CCC[C@@H]3C)c12.O=C(O)C(O)C(O)C(=O)O. The molecule has 5 N–H and O–H groups in total. The summed E-state index contributed by atoms with van der Waals surface area (Å²) in [6.45, 7) is 7.07. The van der Waals surface area contributed by atoms with Crippen LogP contribution in [0, 0.1) is 0 Å². The number of hydrogen-bond donors (Lipinski definition) is 5. The fourth-order valence-electron chi connectivity index (χ4n) is 4.84. The number of likely N-dealkylation sites (tertiary alicyclic amines) is 1. The molecule has 0 radical (unpaired) electrons. The van der Waals surface area contributed by atoms with Gasteiger partial charge in [-0.3, -0.25) is 4.90 Å². The number of piperidine rings is 1. The summed E-state index contributed by atoms with van der Waals surface area (Å²) in [5.41, 5.74) is 2.51. The second-order valence-electron chi connectivity index (χ2n) is 9.70. The van der Waals surface area contributed by atoms with Crippen molar-refractivity contribution in [2.75, 3.05) is 6.61 Å². The number of fused-ring (bicyclic) bond motifs is 1. The second kappa shape index (κ2) is 13.4. The van der Waals surface area contributed by atoms with Gasteiger partial charge < -0.3 is 34.7 Å². The Bertz CT molecular complexity index is 1310. The van der Waals surface area contributed by atoms with E-state index in [1.54, 1.807) is 19.1 Å². The van der Waals surface area contributed by atoms with Crippen molar-refractivity contribution >= 4 is 28.9 Å². The van der Waals surface area contributed by atoms with Crippen LogP contribution in [0.3, 0.4) is 0 Å². The highest BCUT2D eigenvalue weighted by Crippen LogP contribution is 2.40. The van der Waals surface area contributed by atoms with Crippen molar-refractivity contribution in [1.29, 1.82) is 0 Å². The number of hydrogen-bond acceptors (Lipinski definition) is 9. The van der Waals surface area contributed by atoms with Crippen LogP contribution in [0.2, 0.25) is 0 Å². The molecule has 11 nitrogen and oxygen atoms in total. The number of rotatable bonds is 8. The number of benzene rings is 2. The van der Waals surface area contributed by atoms with Gasteiger partial charge in [-0.05, 0) is 45.7 Å². The van der Waals surface area contributed by atoms with Crippen LogP contribution in [0.15, 0.2) is 46.9 Å². The fraction of sp³-hybridized carbons (Fsp3) is 0.414. The summed E-state index contributed by atoms with van der Waals surface area (Å²) in [4.78, 5) is 35.0. The Morgan fingerprint density at radius 1 is 0.975 bits per heavy atom. The molecule has 1 fully saturated rings. The molecule has 2 heterocycles. The Labute approximate surface area is 231 Å². The van der Waals surface area contributed by atoms with Gasteiger partial charge in [0, 0.05) is 35.1 Å². The van der Waals surface area contributed by atoms with Gasteiger partial charge in [-0.15, -0.1) is 0 Å². The van der Waals surface area contributed by atoms with Crippen molar-refractivity contribution in [3.63, 3.8) is 0 Å². The van der Waals surface area contributed by atoms with E-state index in [0.717, 1.165) is 24.0 Å². The van der Waals surface area contributed by atoms with E-state index in [1.165, 1.54) is 6.42 Å². The van der Waals surface area contributed by atoms with E-state index in [1.807, 2.05) is 30.3 Å². The van der Waals surface area contributed by atoms with Gasteiger partial charge in [-0.2, -0.15) is 0 Å². The molecule has 0 aliphatic carbocycles. The van der Waals surface area contributed by atoms with Crippen LogP contribution in [0.4, 0.5) is 0 Å². The highest BCUT2D eigenvalue weighted by molar-refractivity contribution is 6.10. The number of nitrogens with zero attached hydrogens (tertiary/aromatic N) is 1. The Morgan fingerprint density at radius 2 is 1.55 bits per heavy atom. The number of phenols is 1. The van der Waals surface area contributed by atoms with E-state index in [0.29, 0.717) is 40.9 Å². The van der Waals surface area contributed by atoms with Gasteiger partial charge in [0.2, 0.25) is 0 Å². The third kappa shape index (κ3) is 6.79. The molecule has 2 unspecified atom stereocenters. The third-order valence-electron chi connectivity index (χ3n) is 6.98. The van der Waals surface area contributed by atoms with E-state index in [-0.39, 0.29) is 12.4 Å². The summed E-state index contributed by atoms with van der Waals surface area (Å²) in [5, 5.41) is 44.0. The lowest BCUT2D eigenvalue weighted by Crippen LogP contribution is -2.43. The molecule has 0 amide bonds. The molecule has 4 atom stereocenters. The van der Waals surface area contributed by atoms with Crippen LogP contribution in [0.5, 0.6) is 5.75 Å². The summed E-state index contributed by atoms with van der Waals surface area (Å²) < 4.78 is 11.6. The predicted octanol–water partition coefficient (Wildman–Crippen LogP) is 3.62. The van der Waals surface area contributed by atoms with Crippen LogP contribution in [-0.4, -0.2) is 79.2 Å². The van der Waals surface area contributed by atoms with Gasteiger partial charge in [0.1, 0.15) is 22.7 Å². The number of carboxylic acids is 2. The summed E-state index contributed by atoms with van der Waals surface area (Å²) in [6.07, 6.45) is -1.05. The number of aliphatic hydroxyl groups excluding tert-OH is 2. The van der Waals surface area contributed by atoms with Crippen molar-refractivity contribution in [3.8, 4) is 17.1 Å². The van der Waals surface area contributed by atoms with Gasteiger partial charge in [-0.1, -0.05) is 36.8 Å². The molecular weight excluding hydrogens is 522 g/mol. The number of aliphatic carboxylic acids is 2. The Kier molecular flexibility index (Phi) is 10.3. The summed E-state index contributed by atoms with van der Waals surface area (Å²) in [6, 6.07) is 13.8. The highest BCUT2D eigenvalue weighted by Gasteiger charge is 2.31. The molecule has 1 aromatic heterocycles. The molecule has 3 aromatic rings. The third-order valence-corrected chi connectivity index (χ3v) is 6.98. The molecule has 1 aliphatic heterocycles. The average molecular weight is 558 g/mol. The van der Waals surface area contributed by atoms with Crippen molar-refractivity contribution in [3.05, 3.63) is 53.6 Å². The molecule has 0 spiro atoms. The van der Waals surface area contributed by atoms with Crippen LogP contribution < -0.4 is 0 Å². The molecule has 11 heteroatoms. The van der Waals surface area contributed by atoms with E-state index in [2.05, 4.69) is 18.7 Å². The zero-order valence-corrected chi connectivity index (χ0v) is 22.6. The number of carboxylic acid groups (broad SMARTS) is 2. The van der Waals surface area contributed by atoms with E-state index >= 15 is 0 Å². The summed E-state index contributed by atoms with van der Waals surface area (Å²) in [7, 11) is 0. The quantitative estimate of drug-likeness (QED) is 0.255. The topological polar surface area (TPSA) is 178 Å². The van der Waals surface area contributed by atoms with Gasteiger partial charge in [-0.25, -0.2) is 14.4 Å². The maximum Gasteiger partial charge on any atom is 0.342 e. The molecule has 40 heavy (non-hydrogen) atoms. The monoisotopic (exact) mass is 557 g/mol. The maximum atomic E-state index is 13.0. The van der Waals surface area contributed by atoms with Crippen LogP contribution in [0.25, 0.3) is 22.3 Å². The number of carbonyl (C=O) groups excluding carboxylic acids is 1. The standard InChI is InChI=1S/C25H29NO4.C4H6O6/c1-4-29-25(28)23-22-19(15-26-16(2)9-8-10-17(26)3)20(27)13-14-21(22)30-24(23)18-11-6-5-7-12-18;5-1(3(7)8)2(6)4(9)10/h5-7,11-14,16-17,27H,4,8-10,15H2,1-3H3;1-2,5-6H,(H,7,8)(H,9,10)/t16-,17+;. The summed E-state index contributed by atoms with van der Waals surface area (Å²) >= 11 is 0. The lowest BCUT2D eigenvalue weighted by molar-refractivity contribution is -0.165. The number of esters is 1. The minimum Gasteiger partial charge on any atom is -0.508 e. The molecule has 0 saturated carbocycles. The lowest BCUT2D eigenvalue weighted by atomic mass is 9.95. The number of phenolic OH excluding ortho intramolecular Hbond substituents is 1. The first-order valence-corrected chi connectivity index (χ1v) is 13.0. The highest BCUT2D eigenvalue weighted by atomic mass is 16.5. The number of furan rings is 1. The first kappa shape index (κ1) is 30.6. The average Bonchev–Trinajstić information content (AvgIpc) is 3.32. The van der Waals surface area contributed by atoms with Crippen LogP contribution in [-0.2, 0) is 20.9 Å². The zero-order chi connectivity index (χ0) is 29.6. The molecular formula is C29H35NO10. The molecule has 0 bridgehead atoms. The normalized spacial score (nSPS) is 18.8. The molecule has 4 rings (SSSR count). The number of ether oxygens (including phenoxy) is 1. The molecule has 1 aliphatic rings. The maximum absolute atomic E-state index is 13.0. The summed E-state index contributed by atoms with van der Waals surface area (Å²) in [5.74, 6) is -3.31. The largest absolute Gasteiger partial charge is 0.508 e. The predicted molar refractivity (Wildman–Crippen MR) is 145 cm³/mol. The van der Waals surface area contributed by atoms with Crippen LogP contribution in [0.1, 0.15) is 56.0 Å². The van der Waals surface area contributed by atoms with Crippen molar-refractivity contribution in [2.24, 2.45) is 0 Å².